The van der Waals surface area contributed by atoms with E-state index in [0.29, 0.717) is 6.07 Å². The fraction of sp³-hybridized carbons (Fsp3) is 0.409. The predicted octanol–water partition coefficient (Wildman–Crippen LogP) is 5.71. The lowest BCUT2D eigenvalue weighted by atomic mass is 9.85. The Bertz CT molecular complexity index is 1200. The summed E-state index contributed by atoms with van der Waals surface area (Å²) in [6.45, 7) is -0.393. The number of hydrogen-bond donors (Lipinski definition) is 0. The van der Waals surface area contributed by atoms with Crippen molar-refractivity contribution >= 4 is 35.0 Å². The van der Waals surface area contributed by atoms with E-state index in [-0.39, 0.29) is 41.7 Å². The number of likely N-dealkylation sites (tertiary alicyclic amines) is 1. The number of rotatable bonds is 5. The van der Waals surface area contributed by atoms with Crippen LogP contribution in [-0.2, 0) is 27.1 Å². The molecule has 0 bridgehead atoms. The first-order chi connectivity index (χ1) is 16.7. The van der Waals surface area contributed by atoms with Gasteiger partial charge in [-0.15, -0.1) is 0 Å². The van der Waals surface area contributed by atoms with Crippen LogP contribution in [0.4, 0.5) is 30.7 Å². The fourth-order valence-corrected chi connectivity index (χ4v) is 4.65. The van der Waals surface area contributed by atoms with Crippen LogP contribution in [0.25, 0.3) is 0 Å². The highest BCUT2D eigenvalue weighted by Gasteiger charge is 2.62. The van der Waals surface area contributed by atoms with Crippen LogP contribution in [0.2, 0.25) is 5.02 Å². The van der Waals surface area contributed by atoms with Crippen LogP contribution < -0.4 is 0 Å². The molecule has 1 saturated heterocycles. The highest BCUT2D eigenvalue weighted by atomic mass is 35.5. The molecule has 1 aromatic carbocycles. The van der Waals surface area contributed by atoms with Crippen molar-refractivity contribution in [2.24, 2.45) is 5.16 Å². The fourth-order valence-electron chi connectivity index (χ4n) is 3.99. The average molecular weight is 556 g/mol. The third-order valence-electron chi connectivity index (χ3n) is 5.98. The van der Waals surface area contributed by atoms with E-state index < -0.39 is 46.2 Å². The van der Waals surface area contributed by atoms with E-state index in [9.17, 15) is 31.1 Å². The Balaban J connectivity index is 1.56. The Labute approximate surface area is 209 Å². The van der Waals surface area contributed by atoms with Gasteiger partial charge in [-0.05, 0) is 30.5 Å². The molecule has 4 rings (SSSR count). The smallest absolute Gasteiger partial charge is 0.374 e. The number of carbonyl (C=O) groups excluding carboxylic acids is 1. The van der Waals surface area contributed by atoms with Crippen LogP contribution in [-0.4, -0.2) is 52.8 Å². The highest BCUT2D eigenvalue weighted by Crippen LogP contribution is 2.50. The number of amides is 1. The number of alkyl halides is 7. The Hall–Kier alpha value is -2.54. The molecule has 1 aromatic heterocycles. The normalized spacial score (nSPS) is 21.6. The molecule has 194 valence electrons. The average Bonchev–Trinajstić information content (AvgIpc) is 3.24. The molecule has 2 aromatic rings. The first kappa shape index (κ1) is 26.5. The van der Waals surface area contributed by atoms with Crippen molar-refractivity contribution in [1.29, 1.82) is 0 Å². The van der Waals surface area contributed by atoms with Crippen LogP contribution in [0.1, 0.15) is 28.8 Å². The molecule has 14 heteroatoms. The summed E-state index contributed by atoms with van der Waals surface area (Å²) >= 11 is 6.85. The summed E-state index contributed by atoms with van der Waals surface area (Å²) in [6.07, 6.45) is -8.20. The summed E-state index contributed by atoms with van der Waals surface area (Å²) < 4.78 is 97.3. The highest BCUT2D eigenvalue weighted by molar-refractivity contribution is 7.99. The molecule has 1 atom stereocenters. The zero-order chi connectivity index (χ0) is 26.5. The molecule has 0 aliphatic carbocycles. The summed E-state index contributed by atoms with van der Waals surface area (Å²) in [4.78, 5) is 21.9. The zero-order valence-electron chi connectivity index (χ0n) is 18.4. The number of carbonyl (C=O) groups is 1. The molecule has 0 N–H and O–H groups in total. The van der Waals surface area contributed by atoms with Gasteiger partial charge in [0, 0.05) is 17.3 Å². The minimum atomic E-state index is -5.13. The Kier molecular flexibility index (Phi) is 6.69. The van der Waals surface area contributed by atoms with Crippen molar-refractivity contribution in [2.75, 3.05) is 25.1 Å². The molecule has 0 radical (unpaired) electrons. The topological polar surface area (TPSA) is 54.8 Å². The number of oxime groups is 1. The van der Waals surface area contributed by atoms with Gasteiger partial charge in [0.15, 0.2) is 5.67 Å². The van der Waals surface area contributed by atoms with Crippen molar-refractivity contribution < 1.29 is 40.4 Å². The molecular weight excluding hydrogens is 539 g/mol. The second kappa shape index (κ2) is 9.09. The summed E-state index contributed by atoms with van der Waals surface area (Å²) in [5.41, 5.74) is -7.49. The predicted molar refractivity (Wildman–Crippen MR) is 118 cm³/mol. The molecule has 1 amide bonds. The summed E-state index contributed by atoms with van der Waals surface area (Å²) in [6, 6.07) is 4.39. The molecular formula is C22H17ClF7N3O2S. The SMILES string of the molecule is CSCC(=O)N1CC(F)(c2ccc(C3=NOC(c4ccc(Cl)c(C(F)(F)F)c4)(C(F)(F)F)C3)cn2)C1. The molecule has 0 spiro atoms. The van der Waals surface area contributed by atoms with E-state index in [1.165, 1.54) is 28.8 Å². The second-order valence-corrected chi connectivity index (χ2v) is 9.68. The number of benzene rings is 1. The molecule has 3 heterocycles. The van der Waals surface area contributed by atoms with Gasteiger partial charge in [0.1, 0.15) is 0 Å². The lowest BCUT2D eigenvalue weighted by molar-refractivity contribution is -0.276. The molecule has 2 aliphatic heterocycles. The molecule has 1 fully saturated rings. The van der Waals surface area contributed by atoms with Crippen molar-refractivity contribution in [3.05, 3.63) is 63.9 Å². The maximum atomic E-state index is 15.1. The lowest BCUT2D eigenvalue weighted by Gasteiger charge is -2.43. The van der Waals surface area contributed by atoms with E-state index in [2.05, 4.69) is 10.1 Å². The van der Waals surface area contributed by atoms with Crippen molar-refractivity contribution in [1.82, 2.24) is 9.88 Å². The maximum Gasteiger partial charge on any atom is 0.435 e. The first-order valence-electron chi connectivity index (χ1n) is 10.3. The molecule has 36 heavy (non-hydrogen) atoms. The second-order valence-electron chi connectivity index (χ2n) is 8.40. The van der Waals surface area contributed by atoms with Crippen molar-refractivity contribution in [3.8, 4) is 0 Å². The Morgan fingerprint density at radius 3 is 2.42 bits per heavy atom. The van der Waals surface area contributed by atoms with Gasteiger partial charge in [-0.3, -0.25) is 9.78 Å². The minimum Gasteiger partial charge on any atom is -0.374 e. The largest absolute Gasteiger partial charge is 0.435 e. The maximum absolute atomic E-state index is 15.1. The quantitative estimate of drug-likeness (QED) is 0.444. The van der Waals surface area contributed by atoms with Gasteiger partial charge in [-0.2, -0.15) is 38.1 Å². The summed E-state index contributed by atoms with van der Waals surface area (Å²) in [5, 5.41) is 2.73. The van der Waals surface area contributed by atoms with Crippen LogP contribution in [0.5, 0.6) is 0 Å². The number of nitrogens with zero attached hydrogens (tertiary/aromatic N) is 3. The van der Waals surface area contributed by atoms with E-state index in [1.807, 2.05) is 0 Å². The van der Waals surface area contributed by atoms with E-state index in [0.717, 1.165) is 18.3 Å². The van der Waals surface area contributed by atoms with Crippen LogP contribution >= 0.6 is 23.4 Å². The number of halogens is 8. The Morgan fingerprint density at radius 2 is 1.86 bits per heavy atom. The van der Waals surface area contributed by atoms with Gasteiger partial charge in [0.25, 0.3) is 5.60 Å². The monoisotopic (exact) mass is 555 g/mol. The van der Waals surface area contributed by atoms with Gasteiger partial charge in [0.05, 0.1) is 47.3 Å². The number of thioether (sulfide) groups is 1. The van der Waals surface area contributed by atoms with Crippen LogP contribution in [0.15, 0.2) is 41.7 Å². The van der Waals surface area contributed by atoms with Crippen molar-refractivity contribution in [2.45, 2.75) is 30.0 Å². The van der Waals surface area contributed by atoms with Gasteiger partial charge >= 0.3 is 12.4 Å². The van der Waals surface area contributed by atoms with Gasteiger partial charge in [-0.1, -0.05) is 22.8 Å². The molecule has 0 saturated carbocycles. The zero-order valence-corrected chi connectivity index (χ0v) is 20.0. The van der Waals surface area contributed by atoms with E-state index in [1.54, 1.807) is 6.26 Å². The van der Waals surface area contributed by atoms with Gasteiger partial charge in [0.2, 0.25) is 5.91 Å². The first-order valence-corrected chi connectivity index (χ1v) is 12.1. The molecule has 5 nitrogen and oxygen atoms in total. The lowest BCUT2D eigenvalue weighted by Crippen LogP contribution is -2.59. The van der Waals surface area contributed by atoms with Gasteiger partial charge in [-0.25, -0.2) is 4.39 Å². The summed E-state index contributed by atoms with van der Waals surface area (Å²) in [5.74, 6) is -0.00868. The standard InChI is InChI=1S/C22H17ClF7N3O2S/c1-36-9-18(34)33-10-19(24,11-33)17-5-2-12(8-31-17)16-7-20(35-32-16,22(28,29)30)13-3-4-15(23)14(6-13)21(25,26)27/h2-6,8H,7,9-11H2,1H3. The third-order valence-corrected chi connectivity index (χ3v) is 6.85. The number of pyridine rings is 1. The van der Waals surface area contributed by atoms with Crippen LogP contribution in [0, 0.1) is 0 Å². The van der Waals surface area contributed by atoms with Gasteiger partial charge < -0.3 is 9.74 Å². The van der Waals surface area contributed by atoms with Crippen molar-refractivity contribution in [3.63, 3.8) is 0 Å². The minimum absolute atomic E-state index is 0.00595. The third kappa shape index (κ3) is 4.62. The summed E-state index contributed by atoms with van der Waals surface area (Å²) in [7, 11) is 0. The molecule has 2 aliphatic rings. The van der Waals surface area contributed by atoms with Crippen LogP contribution in [0.3, 0.4) is 0 Å². The number of hydrogen-bond acceptors (Lipinski definition) is 5. The van der Waals surface area contributed by atoms with E-state index >= 15 is 4.39 Å². The van der Waals surface area contributed by atoms with E-state index in [4.69, 9.17) is 16.4 Å². The molecule has 1 unspecified atom stereocenters. The Morgan fingerprint density at radius 1 is 1.17 bits per heavy atom. The number of aromatic nitrogens is 1.